The van der Waals surface area contributed by atoms with E-state index in [4.69, 9.17) is 11.6 Å². The summed E-state index contributed by atoms with van der Waals surface area (Å²) in [5.41, 5.74) is 7.83. The molecule has 0 aromatic heterocycles. The SMILES string of the molecule is O=C(NCC1CNNC1)Nc1ccc(S(=O)(=O)c2ccccc2-c2cccc(Cl)c2)cc1. The second-order valence-electron chi connectivity index (χ2n) is 7.50. The molecule has 1 aliphatic heterocycles. The van der Waals surface area contributed by atoms with Crippen molar-refractivity contribution in [2.75, 3.05) is 25.0 Å². The maximum absolute atomic E-state index is 13.4. The van der Waals surface area contributed by atoms with Gasteiger partial charge >= 0.3 is 6.03 Å². The molecule has 1 saturated heterocycles. The highest BCUT2D eigenvalue weighted by Crippen LogP contribution is 2.32. The maximum Gasteiger partial charge on any atom is 0.319 e. The van der Waals surface area contributed by atoms with Crippen molar-refractivity contribution in [3.05, 3.63) is 77.8 Å². The minimum atomic E-state index is -3.78. The Hall–Kier alpha value is -2.91. The molecule has 0 unspecified atom stereocenters. The highest BCUT2D eigenvalue weighted by Gasteiger charge is 2.22. The van der Waals surface area contributed by atoms with E-state index < -0.39 is 9.84 Å². The molecule has 3 aromatic rings. The number of urea groups is 1. The molecule has 32 heavy (non-hydrogen) atoms. The van der Waals surface area contributed by atoms with E-state index in [1.807, 2.05) is 6.07 Å². The minimum absolute atomic E-state index is 0.140. The van der Waals surface area contributed by atoms with Crippen molar-refractivity contribution < 1.29 is 13.2 Å². The zero-order valence-electron chi connectivity index (χ0n) is 17.1. The Balaban J connectivity index is 1.51. The summed E-state index contributed by atoms with van der Waals surface area (Å²) in [5, 5.41) is 6.07. The van der Waals surface area contributed by atoms with Crippen LogP contribution in [-0.2, 0) is 9.84 Å². The van der Waals surface area contributed by atoms with Crippen LogP contribution in [0.4, 0.5) is 10.5 Å². The number of hydrogen-bond donors (Lipinski definition) is 4. The number of nitrogens with one attached hydrogen (secondary N) is 4. The standard InChI is InChI=1S/C23H23ClN4O3S/c24-18-5-3-4-17(12-18)21-6-1-2-7-22(21)32(30,31)20-10-8-19(9-11-20)28-23(29)25-13-16-14-26-27-15-16/h1-12,16,26-27H,13-15H2,(H2,25,28,29). The van der Waals surface area contributed by atoms with Crippen molar-refractivity contribution >= 4 is 33.2 Å². The number of amides is 2. The Labute approximate surface area is 192 Å². The molecule has 0 saturated carbocycles. The molecule has 0 bridgehead atoms. The summed E-state index contributed by atoms with van der Waals surface area (Å²) in [6.07, 6.45) is 0. The summed E-state index contributed by atoms with van der Waals surface area (Å²) >= 11 is 6.10. The Morgan fingerprint density at radius 3 is 2.41 bits per heavy atom. The number of anilines is 1. The molecule has 3 aromatic carbocycles. The average Bonchev–Trinajstić information content (AvgIpc) is 3.32. The molecule has 1 aliphatic rings. The van der Waals surface area contributed by atoms with Crippen LogP contribution in [0.5, 0.6) is 0 Å². The summed E-state index contributed by atoms with van der Waals surface area (Å²) in [6, 6.07) is 19.7. The summed E-state index contributed by atoms with van der Waals surface area (Å²) in [5.74, 6) is 0.327. The molecule has 1 fully saturated rings. The third-order valence-corrected chi connectivity index (χ3v) is 7.26. The van der Waals surface area contributed by atoms with Crippen LogP contribution >= 0.6 is 11.6 Å². The molecular formula is C23H23ClN4O3S. The van der Waals surface area contributed by atoms with Crippen molar-refractivity contribution in [2.45, 2.75) is 9.79 Å². The van der Waals surface area contributed by atoms with Gasteiger partial charge in [-0.25, -0.2) is 13.2 Å². The van der Waals surface area contributed by atoms with E-state index >= 15 is 0 Å². The molecule has 0 aliphatic carbocycles. The molecule has 7 nitrogen and oxygen atoms in total. The van der Waals surface area contributed by atoms with Crippen LogP contribution in [0.2, 0.25) is 5.02 Å². The van der Waals surface area contributed by atoms with E-state index in [9.17, 15) is 13.2 Å². The number of benzene rings is 3. The van der Waals surface area contributed by atoms with Gasteiger partial charge in [0.15, 0.2) is 0 Å². The lowest BCUT2D eigenvalue weighted by molar-refractivity contribution is 0.250. The number of rotatable bonds is 6. The van der Waals surface area contributed by atoms with Gasteiger partial charge in [0.25, 0.3) is 0 Å². The smallest absolute Gasteiger partial charge is 0.319 e. The van der Waals surface area contributed by atoms with Gasteiger partial charge in [-0.15, -0.1) is 0 Å². The molecule has 9 heteroatoms. The average molecular weight is 471 g/mol. The van der Waals surface area contributed by atoms with E-state index in [-0.39, 0.29) is 15.8 Å². The van der Waals surface area contributed by atoms with Crippen LogP contribution in [0.1, 0.15) is 0 Å². The van der Waals surface area contributed by atoms with Gasteiger partial charge in [0.1, 0.15) is 0 Å². The number of carbonyl (C=O) groups excluding carboxylic acids is 1. The van der Waals surface area contributed by atoms with Gasteiger partial charge in [-0.3, -0.25) is 10.9 Å². The highest BCUT2D eigenvalue weighted by molar-refractivity contribution is 7.91. The minimum Gasteiger partial charge on any atom is -0.337 e. The molecular weight excluding hydrogens is 448 g/mol. The second-order valence-corrected chi connectivity index (χ2v) is 9.85. The van der Waals surface area contributed by atoms with E-state index in [2.05, 4.69) is 21.5 Å². The third kappa shape index (κ3) is 5.11. The predicted octanol–water partition coefficient (Wildman–Crippen LogP) is 3.69. The van der Waals surface area contributed by atoms with Gasteiger partial charge in [0.2, 0.25) is 9.84 Å². The molecule has 4 rings (SSSR count). The normalized spacial score (nSPS) is 14.3. The summed E-state index contributed by atoms with van der Waals surface area (Å²) < 4.78 is 26.7. The zero-order chi connectivity index (χ0) is 22.6. The lowest BCUT2D eigenvalue weighted by Crippen LogP contribution is -2.34. The van der Waals surface area contributed by atoms with Gasteiger partial charge in [-0.2, -0.15) is 0 Å². The van der Waals surface area contributed by atoms with Crippen LogP contribution in [-0.4, -0.2) is 34.1 Å². The van der Waals surface area contributed by atoms with E-state index in [1.165, 1.54) is 12.1 Å². The van der Waals surface area contributed by atoms with Gasteiger partial charge < -0.3 is 10.6 Å². The van der Waals surface area contributed by atoms with Crippen molar-refractivity contribution in [1.82, 2.24) is 16.2 Å². The number of sulfone groups is 1. The highest BCUT2D eigenvalue weighted by atomic mass is 35.5. The fraction of sp³-hybridized carbons (Fsp3) is 0.174. The van der Waals surface area contributed by atoms with Crippen LogP contribution < -0.4 is 21.5 Å². The molecule has 0 radical (unpaired) electrons. The Morgan fingerprint density at radius 1 is 0.969 bits per heavy atom. The first-order chi connectivity index (χ1) is 15.4. The monoisotopic (exact) mass is 470 g/mol. The third-order valence-electron chi connectivity index (χ3n) is 5.19. The Bertz CT molecular complexity index is 1210. The zero-order valence-corrected chi connectivity index (χ0v) is 18.7. The predicted molar refractivity (Wildman–Crippen MR) is 125 cm³/mol. The number of halogens is 1. The van der Waals surface area contributed by atoms with Crippen molar-refractivity contribution in [3.63, 3.8) is 0 Å². The van der Waals surface area contributed by atoms with Crippen LogP contribution in [0.15, 0.2) is 82.6 Å². The van der Waals surface area contributed by atoms with Crippen molar-refractivity contribution in [2.24, 2.45) is 5.92 Å². The fourth-order valence-electron chi connectivity index (χ4n) is 3.50. The molecule has 0 spiro atoms. The van der Waals surface area contributed by atoms with Crippen LogP contribution in [0.3, 0.4) is 0 Å². The van der Waals surface area contributed by atoms with Gasteiger partial charge in [0.05, 0.1) is 9.79 Å². The van der Waals surface area contributed by atoms with Gasteiger partial charge in [0, 0.05) is 41.8 Å². The fourth-order valence-corrected chi connectivity index (χ4v) is 5.17. The quantitative estimate of drug-likeness (QED) is 0.440. The summed E-state index contributed by atoms with van der Waals surface area (Å²) in [7, 11) is -3.78. The molecule has 1 heterocycles. The largest absolute Gasteiger partial charge is 0.337 e. The lowest BCUT2D eigenvalue weighted by Gasteiger charge is -2.13. The Morgan fingerprint density at radius 2 is 1.69 bits per heavy atom. The summed E-state index contributed by atoms with van der Waals surface area (Å²) in [4.78, 5) is 12.4. The van der Waals surface area contributed by atoms with Crippen molar-refractivity contribution in [3.8, 4) is 11.1 Å². The van der Waals surface area contributed by atoms with E-state index in [0.717, 1.165) is 18.7 Å². The first-order valence-corrected chi connectivity index (χ1v) is 12.0. The molecule has 166 valence electrons. The van der Waals surface area contributed by atoms with Gasteiger partial charge in [-0.05, 0) is 48.0 Å². The maximum atomic E-state index is 13.4. The Kier molecular flexibility index (Phi) is 6.76. The molecule has 0 atom stereocenters. The molecule has 4 N–H and O–H groups in total. The van der Waals surface area contributed by atoms with E-state index in [0.29, 0.717) is 28.7 Å². The van der Waals surface area contributed by atoms with Crippen molar-refractivity contribution in [1.29, 1.82) is 0 Å². The second kappa shape index (κ2) is 9.70. The van der Waals surface area contributed by atoms with Crippen LogP contribution in [0.25, 0.3) is 11.1 Å². The number of hydrazine groups is 1. The van der Waals surface area contributed by atoms with Gasteiger partial charge in [-0.1, -0.05) is 41.9 Å². The first kappa shape index (κ1) is 22.3. The van der Waals surface area contributed by atoms with Crippen LogP contribution in [0, 0.1) is 5.92 Å². The number of hydrogen-bond acceptors (Lipinski definition) is 5. The van der Waals surface area contributed by atoms with E-state index in [1.54, 1.807) is 54.6 Å². The number of carbonyl (C=O) groups is 1. The molecule has 2 amide bonds. The lowest BCUT2D eigenvalue weighted by atomic mass is 10.1. The first-order valence-electron chi connectivity index (χ1n) is 10.1. The summed E-state index contributed by atoms with van der Waals surface area (Å²) in [6.45, 7) is 2.13. The topological polar surface area (TPSA) is 99.3 Å².